The van der Waals surface area contributed by atoms with Gasteiger partial charge in [0.25, 0.3) is 5.88 Å². The van der Waals surface area contributed by atoms with Crippen LogP contribution in [0.3, 0.4) is 0 Å². The van der Waals surface area contributed by atoms with Crippen LogP contribution in [0.2, 0.25) is 0 Å². The number of piperidine rings is 1. The molecule has 0 spiro atoms. The summed E-state index contributed by atoms with van der Waals surface area (Å²) < 4.78 is 10.7. The molecule has 1 saturated heterocycles. The molecular formula is C17H28N4O3. The van der Waals surface area contributed by atoms with Gasteiger partial charge in [-0.05, 0) is 39.5 Å². The van der Waals surface area contributed by atoms with Crippen molar-refractivity contribution in [1.82, 2.24) is 14.9 Å². The summed E-state index contributed by atoms with van der Waals surface area (Å²) in [5, 5.41) is 0. The second kappa shape index (κ2) is 7.68. The molecule has 7 heteroatoms. The van der Waals surface area contributed by atoms with Gasteiger partial charge in [0.1, 0.15) is 5.60 Å². The lowest BCUT2D eigenvalue weighted by molar-refractivity contribution is 0.0186. The fourth-order valence-electron chi connectivity index (χ4n) is 2.82. The minimum Gasteiger partial charge on any atom is -0.478 e. The van der Waals surface area contributed by atoms with Crippen molar-refractivity contribution >= 4 is 11.9 Å². The molecule has 1 aromatic heterocycles. The van der Waals surface area contributed by atoms with Crippen LogP contribution in [0.1, 0.15) is 33.6 Å². The summed E-state index contributed by atoms with van der Waals surface area (Å²) in [6, 6.07) is 0. The van der Waals surface area contributed by atoms with Crippen molar-refractivity contribution < 1.29 is 14.3 Å². The van der Waals surface area contributed by atoms with Gasteiger partial charge in [-0.3, -0.25) is 0 Å². The van der Waals surface area contributed by atoms with Crippen molar-refractivity contribution in [1.29, 1.82) is 0 Å². The van der Waals surface area contributed by atoms with Crippen molar-refractivity contribution in [3.05, 3.63) is 12.4 Å². The highest BCUT2D eigenvalue weighted by atomic mass is 16.6. The zero-order valence-corrected chi connectivity index (χ0v) is 15.3. The highest BCUT2D eigenvalue weighted by Gasteiger charge is 2.27. The number of likely N-dealkylation sites (tertiary alicyclic amines) is 1. The summed E-state index contributed by atoms with van der Waals surface area (Å²) in [7, 11) is 3.59. The van der Waals surface area contributed by atoms with Gasteiger partial charge in [-0.1, -0.05) is 0 Å². The van der Waals surface area contributed by atoms with E-state index in [0.29, 0.717) is 11.8 Å². The Hall–Kier alpha value is -2.05. The van der Waals surface area contributed by atoms with Gasteiger partial charge in [0.05, 0.1) is 7.11 Å². The van der Waals surface area contributed by atoms with E-state index in [2.05, 4.69) is 14.9 Å². The SMILES string of the molecule is COc1nccnc1N(C)CC1CCN(C(=O)OC(C)(C)C)CC1. The number of anilines is 1. The Morgan fingerprint density at radius 2 is 1.92 bits per heavy atom. The Balaban J connectivity index is 1.85. The molecule has 134 valence electrons. The molecule has 24 heavy (non-hydrogen) atoms. The maximum atomic E-state index is 12.1. The second-order valence-electron chi connectivity index (χ2n) is 7.18. The van der Waals surface area contributed by atoms with E-state index in [0.717, 1.165) is 38.3 Å². The monoisotopic (exact) mass is 336 g/mol. The number of hydrogen-bond donors (Lipinski definition) is 0. The van der Waals surface area contributed by atoms with Gasteiger partial charge in [-0.2, -0.15) is 0 Å². The molecule has 0 bridgehead atoms. The van der Waals surface area contributed by atoms with Crippen molar-refractivity contribution in [3.63, 3.8) is 0 Å². The summed E-state index contributed by atoms with van der Waals surface area (Å²) in [6.07, 6.45) is 4.97. The van der Waals surface area contributed by atoms with E-state index < -0.39 is 5.60 Å². The number of aromatic nitrogens is 2. The quantitative estimate of drug-likeness (QED) is 0.842. The standard InChI is InChI=1S/C17H28N4O3/c1-17(2,3)24-16(22)21-10-6-13(7-11-21)12-20(4)14-15(23-5)19-9-8-18-14/h8-9,13H,6-7,10-12H2,1-5H3. The third kappa shape index (κ3) is 4.97. The number of hydrogen-bond acceptors (Lipinski definition) is 6. The third-order valence-corrected chi connectivity index (χ3v) is 4.00. The fourth-order valence-corrected chi connectivity index (χ4v) is 2.82. The van der Waals surface area contributed by atoms with Gasteiger partial charge in [0.15, 0.2) is 5.82 Å². The molecule has 0 saturated carbocycles. The number of methoxy groups -OCH3 is 1. The van der Waals surface area contributed by atoms with Gasteiger partial charge in [-0.15, -0.1) is 0 Å². The number of carbonyl (C=O) groups excluding carboxylic acids is 1. The van der Waals surface area contributed by atoms with Crippen molar-refractivity contribution in [2.24, 2.45) is 5.92 Å². The Morgan fingerprint density at radius 3 is 2.50 bits per heavy atom. The molecule has 2 heterocycles. The van der Waals surface area contributed by atoms with E-state index in [4.69, 9.17) is 9.47 Å². The van der Waals surface area contributed by atoms with E-state index in [1.54, 1.807) is 24.4 Å². The van der Waals surface area contributed by atoms with E-state index >= 15 is 0 Å². The molecule has 1 aliphatic heterocycles. The minimum absolute atomic E-state index is 0.218. The molecule has 0 unspecified atom stereocenters. The summed E-state index contributed by atoms with van der Waals surface area (Å²) in [6.45, 7) is 7.98. The average molecular weight is 336 g/mol. The van der Waals surface area contributed by atoms with Gasteiger partial charge in [0.2, 0.25) is 0 Å². The first kappa shape index (κ1) is 18.3. The molecule has 1 amide bonds. The molecule has 0 aromatic carbocycles. The molecule has 0 atom stereocenters. The van der Waals surface area contributed by atoms with Crippen LogP contribution in [0.25, 0.3) is 0 Å². The first-order valence-corrected chi connectivity index (χ1v) is 8.34. The zero-order chi connectivity index (χ0) is 17.7. The lowest BCUT2D eigenvalue weighted by atomic mass is 9.96. The maximum Gasteiger partial charge on any atom is 0.410 e. The van der Waals surface area contributed by atoms with Crippen LogP contribution in [0.4, 0.5) is 10.6 Å². The number of nitrogens with zero attached hydrogens (tertiary/aromatic N) is 4. The number of carbonyl (C=O) groups is 1. The average Bonchev–Trinajstić information content (AvgIpc) is 2.53. The third-order valence-electron chi connectivity index (χ3n) is 4.00. The molecule has 2 rings (SSSR count). The summed E-state index contributed by atoms with van der Waals surface area (Å²) in [4.78, 5) is 24.5. The predicted octanol–water partition coefficient (Wildman–Crippen LogP) is 2.57. The van der Waals surface area contributed by atoms with Crippen LogP contribution in [0.15, 0.2) is 12.4 Å². The van der Waals surface area contributed by atoms with Gasteiger partial charge >= 0.3 is 6.09 Å². The smallest absolute Gasteiger partial charge is 0.410 e. The van der Waals surface area contributed by atoms with Crippen molar-refractivity contribution in [2.75, 3.05) is 38.7 Å². The van der Waals surface area contributed by atoms with Crippen LogP contribution in [-0.4, -0.2) is 60.4 Å². The Kier molecular flexibility index (Phi) is 5.85. The van der Waals surface area contributed by atoms with Crippen LogP contribution in [0, 0.1) is 5.92 Å². The van der Waals surface area contributed by atoms with Crippen LogP contribution in [0.5, 0.6) is 5.88 Å². The summed E-state index contributed by atoms with van der Waals surface area (Å²) in [5.41, 5.74) is -0.448. The Morgan fingerprint density at radius 1 is 1.29 bits per heavy atom. The number of amides is 1. The Bertz CT molecular complexity index is 551. The van der Waals surface area contributed by atoms with Gasteiger partial charge < -0.3 is 19.3 Å². The van der Waals surface area contributed by atoms with Gasteiger partial charge in [0, 0.05) is 39.1 Å². The van der Waals surface area contributed by atoms with E-state index in [1.807, 2.05) is 27.8 Å². The van der Waals surface area contributed by atoms with Crippen LogP contribution < -0.4 is 9.64 Å². The molecule has 0 radical (unpaired) electrons. The molecule has 7 nitrogen and oxygen atoms in total. The molecule has 1 aliphatic rings. The lowest BCUT2D eigenvalue weighted by Gasteiger charge is -2.35. The number of rotatable bonds is 4. The van der Waals surface area contributed by atoms with Crippen LogP contribution in [-0.2, 0) is 4.74 Å². The zero-order valence-electron chi connectivity index (χ0n) is 15.3. The molecule has 1 fully saturated rings. The predicted molar refractivity (Wildman–Crippen MR) is 92.4 cm³/mol. The lowest BCUT2D eigenvalue weighted by Crippen LogP contribution is -2.43. The van der Waals surface area contributed by atoms with Gasteiger partial charge in [-0.25, -0.2) is 14.8 Å². The second-order valence-corrected chi connectivity index (χ2v) is 7.18. The normalized spacial score (nSPS) is 16.0. The first-order chi connectivity index (χ1) is 11.3. The minimum atomic E-state index is -0.448. The first-order valence-electron chi connectivity index (χ1n) is 8.34. The number of ether oxygens (including phenoxy) is 2. The Labute approximate surface area is 144 Å². The van der Waals surface area contributed by atoms with E-state index in [-0.39, 0.29) is 6.09 Å². The molecule has 0 aliphatic carbocycles. The van der Waals surface area contributed by atoms with Crippen molar-refractivity contribution in [2.45, 2.75) is 39.2 Å². The molecular weight excluding hydrogens is 308 g/mol. The topological polar surface area (TPSA) is 67.8 Å². The van der Waals surface area contributed by atoms with Crippen LogP contribution >= 0.6 is 0 Å². The largest absolute Gasteiger partial charge is 0.478 e. The molecule has 1 aromatic rings. The summed E-state index contributed by atoms with van der Waals surface area (Å²) in [5.74, 6) is 1.78. The summed E-state index contributed by atoms with van der Waals surface area (Å²) >= 11 is 0. The highest BCUT2D eigenvalue weighted by molar-refractivity contribution is 5.68. The van der Waals surface area contributed by atoms with E-state index in [9.17, 15) is 4.79 Å². The maximum absolute atomic E-state index is 12.1. The van der Waals surface area contributed by atoms with Crippen molar-refractivity contribution in [3.8, 4) is 5.88 Å². The van der Waals surface area contributed by atoms with E-state index in [1.165, 1.54) is 0 Å². The fraction of sp³-hybridized carbons (Fsp3) is 0.706. The molecule has 0 N–H and O–H groups in total. The highest BCUT2D eigenvalue weighted by Crippen LogP contribution is 2.25.